The highest BCUT2D eigenvalue weighted by atomic mass is 32.2. The van der Waals surface area contributed by atoms with E-state index in [2.05, 4.69) is 19.6 Å². The standard InChI is InChI=1S/C14H22N4O3S/c1-2-22(19,20)17-8-4-12-5-9-21-14(12)10-18(11-14)13-15-6-3-7-16-13/h3,6-7,12,17H,2,4-5,8-11H2,1H3/t12-/m0/s1. The van der Waals surface area contributed by atoms with Crippen LogP contribution in [0, 0.1) is 5.92 Å². The highest BCUT2D eigenvalue weighted by Crippen LogP contribution is 2.42. The summed E-state index contributed by atoms with van der Waals surface area (Å²) in [4.78, 5) is 10.6. The monoisotopic (exact) mass is 326 g/mol. The number of ether oxygens (including phenoxy) is 1. The molecule has 3 heterocycles. The number of anilines is 1. The lowest BCUT2D eigenvalue weighted by Gasteiger charge is -2.50. The molecule has 8 heteroatoms. The first-order valence-electron chi connectivity index (χ1n) is 7.68. The number of hydrogen-bond donors (Lipinski definition) is 1. The van der Waals surface area contributed by atoms with Gasteiger partial charge in [-0.15, -0.1) is 0 Å². The molecule has 1 N–H and O–H groups in total. The summed E-state index contributed by atoms with van der Waals surface area (Å²) in [5.41, 5.74) is -0.156. The minimum absolute atomic E-state index is 0.123. The zero-order valence-corrected chi connectivity index (χ0v) is 13.6. The molecule has 7 nitrogen and oxygen atoms in total. The van der Waals surface area contributed by atoms with Gasteiger partial charge in [0.2, 0.25) is 16.0 Å². The molecule has 0 aromatic carbocycles. The van der Waals surface area contributed by atoms with Crippen LogP contribution in [0.3, 0.4) is 0 Å². The normalized spacial score (nSPS) is 23.7. The van der Waals surface area contributed by atoms with Crippen LogP contribution in [0.25, 0.3) is 0 Å². The zero-order valence-electron chi connectivity index (χ0n) is 12.7. The van der Waals surface area contributed by atoms with E-state index in [4.69, 9.17) is 4.74 Å². The van der Waals surface area contributed by atoms with Crippen molar-refractivity contribution in [1.29, 1.82) is 0 Å². The van der Waals surface area contributed by atoms with Crippen LogP contribution in [0.4, 0.5) is 5.95 Å². The molecule has 0 unspecified atom stereocenters. The minimum Gasteiger partial charge on any atom is -0.371 e. The topological polar surface area (TPSA) is 84.4 Å². The van der Waals surface area contributed by atoms with Gasteiger partial charge < -0.3 is 9.64 Å². The van der Waals surface area contributed by atoms with Gasteiger partial charge in [0.15, 0.2) is 0 Å². The SMILES string of the molecule is CCS(=O)(=O)NCC[C@H]1CCOC12CN(c1ncccn1)C2. The number of aromatic nitrogens is 2. The van der Waals surface area contributed by atoms with Gasteiger partial charge in [-0.2, -0.15) is 0 Å². The van der Waals surface area contributed by atoms with Crippen LogP contribution in [0.1, 0.15) is 19.8 Å². The van der Waals surface area contributed by atoms with Crippen molar-refractivity contribution in [3.05, 3.63) is 18.5 Å². The van der Waals surface area contributed by atoms with Gasteiger partial charge in [-0.3, -0.25) is 0 Å². The first kappa shape index (κ1) is 15.6. The van der Waals surface area contributed by atoms with Gasteiger partial charge in [0, 0.05) is 25.5 Å². The molecule has 2 aliphatic heterocycles. The molecular formula is C14H22N4O3S. The van der Waals surface area contributed by atoms with Crippen molar-refractivity contribution >= 4 is 16.0 Å². The van der Waals surface area contributed by atoms with Crippen LogP contribution in [0.5, 0.6) is 0 Å². The van der Waals surface area contributed by atoms with Crippen molar-refractivity contribution in [2.24, 2.45) is 5.92 Å². The number of rotatable bonds is 6. The summed E-state index contributed by atoms with van der Waals surface area (Å²) in [5.74, 6) is 1.24. The van der Waals surface area contributed by atoms with Gasteiger partial charge in [0.25, 0.3) is 0 Å². The largest absolute Gasteiger partial charge is 0.371 e. The third kappa shape index (κ3) is 3.09. The highest BCUT2D eigenvalue weighted by molar-refractivity contribution is 7.89. The fourth-order valence-electron chi connectivity index (χ4n) is 3.23. The molecule has 0 radical (unpaired) electrons. The van der Waals surface area contributed by atoms with Crippen molar-refractivity contribution in [3.63, 3.8) is 0 Å². The number of nitrogens with one attached hydrogen (secondary N) is 1. The van der Waals surface area contributed by atoms with E-state index in [1.807, 2.05) is 0 Å². The third-order valence-electron chi connectivity index (χ3n) is 4.55. The number of nitrogens with zero attached hydrogens (tertiary/aromatic N) is 3. The molecule has 0 amide bonds. The van der Waals surface area contributed by atoms with Gasteiger partial charge >= 0.3 is 0 Å². The maximum Gasteiger partial charge on any atom is 0.225 e. The van der Waals surface area contributed by atoms with Crippen molar-refractivity contribution in [2.45, 2.75) is 25.4 Å². The van der Waals surface area contributed by atoms with Crippen molar-refractivity contribution in [1.82, 2.24) is 14.7 Å². The van der Waals surface area contributed by atoms with Crippen LogP contribution >= 0.6 is 0 Å². The van der Waals surface area contributed by atoms with E-state index in [9.17, 15) is 8.42 Å². The van der Waals surface area contributed by atoms with E-state index in [1.165, 1.54) is 0 Å². The van der Waals surface area contributed by atoms with Gasteiger partial charge in [0.1, 0.15) is 5.60 Å². The first-order chi connectivity index (χ1) is 10.5. The van der Waals surface area contributed by atoms with E-state index in [0.717, 1.165) is 38.5 Å². The molecular weight excluding hydrogens is 304 g/mol. The van der Waals surface area contributed by atoms with Crippen LogP contribution in [0.2, 0.25) is 0 Å². The second-order valence-electron chi connectivity index (χ2n) is 5.89. The third-order valence-corrected chi connectivity index (χ3v) is 5.95. The van der Waals surface area contributed by atoms with Crippen LogP contribution < -0.4 is 9.62 Å². The Kier molecular flexibility index (Phi) is 4.33. The number of sulfonamides is 1. The lowest BCUT2D eigenvalue weighted by Crippen LogP contribution is -2.65. The van der Waals surface area contributed by atoms with Crippen molar-refractivity contribution in [2.75, 3.05) is 36.9 Å². The average molecular weight is 326 g/mol. The molecule has 0 aliphatic carbocycles. The molecule has 0 saturated carbocycles. The molecule has 2 saturated heterocycles. The smallest absolute Gasteiger partial charge is 0.225 e. The van der Waals surface area contributed by atoms with Crippen molar-refractivity contribution in [3.8, 4) is 0 Å². The van der Waals surface area contributed by atoms with Gasteiger partial charge in [0.05, 0.1) is 18.8 Å². The average Bonchev–Trinajstić information content (AvgIpc) is 2.90. The van der Waals surface area contributed by atoms with E-state index in [0.29, 0.717) is 12.5 Å². The van der Waals surface area contributed by atoms with Gasteiger partial charge in [-0.25, -0.2) is 23.1 Å². The Balaban J connectivity index is 1.54. The van der Waals surface area contributed by atoms with Gasteiger partial charge in [-0.05, 0) is 31.7 Å². The van der Waals surface area contributed by atoms with Crippen LogP contribution in [-0.2, 0) is 14.8 Å². The summed E-state index contributed by atoms with van der Waals surface area (Å²) in [6.07, 6.45) is 5.26. The molecule has 1 atom stereocenters. The molecule has 0 bridgehead atoms. The lowest BCUT2D eigenvalue weighted by molar-refractivity contribution is -0.0457. The lowest BCUT2D eigenvalue weighted by atomic mass is 9.79. The molecule has 22 heavy (non-hydrogen) atoms. The summed E-state index contributed by atoms with van der Waals surface area (Å²) in [6.45, 7) is 4.43. The molecule has 1 spiro atoms. The highest BCUT2D eigenvalue weighted by Gasteiger charge is 2.53. The second kappa shape index (κ2) is 6.10. The molecule has 2 aliphatic rings. The van der Waals surface area contributed by atoms with E-state index >= 15 is 0 Å². The number of hydrogen-bond acceptors (Lipinski definition) is 6. The summed E-state index contributed by atoms with van der Waals surface area (Å²) < 4.78 is 31.6. The second-order valence-corrected chi connectivity index (χ2v) is 7.99. The van der Waals surface area contributed by atoms with E-state index in [-0.39, 0.29) is 11.4 Å². The molecule has 122 valence electrons. The minimum atomic E-state index is -3.11. The summed E-state index contributed by atoms with van der Waals surface area (Å²) in [5, 5.41) is 0. The molecule has 3 rings (SSSR count). The Morgan fingerprint density at radius 2 is 2.14 bits per heavy atom. The Morgan fingerprint density at radius 1 is 1.41 bits per heavy atom. The van der Waals surface area contributed by atoms with Gasteiger partial charge in [-0.1, -0.05) is 0 Å². The Bertz CT molecular complexity index is 602. The van der Waals surface area contributed by atoms with Crippen molar-refractivity contribution < 1.29 is 13.2 Å². The first-order valence-corrected chi connectivity index (χ1v) is 9.33. The summed E-state index contributed by atoms with van der Waals surface area (Å²) in [6, 6.07) is 1.80. The predicted octanol–water partition coefficient (Wildman–Crippen LogP) is 0.401. The predicted molar refractivity (Wildman–Crippen MR) is 83.1 cm³/mol. The summed E-state index contributed by atoms with van der Waals surface area (Å²) in [7, 11) is -3.11. The quantitative estimate of drug-likeness (QED) is 0.815. The molecule has 2 fully saturated rings. The molecule has 1 aromatic rings. The van der Waals surface area contributed by atoms with E-state index < -0.39 is 10.0 Å². The maximum absolute atomic E-state index is 11.5. The fraction of sp³-hybridized carbons (Fsp3) is 0.714. The zero-order chi connectivity index (χ0) is 15.6. The Morgan fingerprint density at radius 3 is 2.82 bits per heavy atom. The molecule has 1 aromatic heterocycles. The van der Waals surface area contributed by atoms with E-state index in [1.54, 1.807) is 25.4 Å². The Hall–Kier alpha value is -1.25. The fourth-order valence-corrected chi connectivity index (χ4v) is 3.86. The van der Waals surface area contributed by atoms with Crippen LogP contribution in [0.15, 0.2) is 18.5 Å². The van der Waals surface area contributed by atoms with Crippen LogP contribution in [-0.4, -0.2) is 56.0 Å². The summed E-state index contributed by atoms with van der Waals surface area (Å²) >= 11 is 0. The maximum atomic E-state index is 11.5. The Labute approximate surface area is 131 Å².